The van der Waals surface area contributed by atoms with E-state index in [0.717, 1.165) is 12.1 Å². The molecule has 2 rings (SSSR count). The maximum atomic E-state index is 12.0. The normalized spacial score (nSPS) is 11.9. The molecule has 1 atom stereocenters. The fourth-order valence-corrected chi connectivity index (χ4v) is 2.54. The number of benzene rings is 2. The minimum absolute atomic E-state index is 0. The van der Waals surface area contributed by atoms with E-state index in [1.54, 1.807) is 12.1 Å². The first-order chi connectivity index (χ1) is 13.0. The van der Waals surface area contributed by atoms with Crippen molar-refractivity contribution in [3.05, 3.63) is 64.7 Å². The van der Waals surface area contributed by atoms with Crippen molar-refractivity contribution in [2.24, 2.45) is 4.99 Å². The van der Waals surface area contributed by atoms with Gasteiger partial charge in [-0.2, -0.15) is 0 Å². The fourth-order valence-electron chi connectivity index (χ4n) is 2.41. The van der Waals surface area contributed by atoms with E-state index in [9.17, 15) is 9.90 Å². The molecule has 0 saturated carbocycles. The van der Waals surface area contributed by atoms with Crippen molar-refractivity contribution in [2.75, 3.05) is 19.6 Å². The molecular weight excluding hydrogens is 491 g/mol. The third-order valence-electron chi connectivity index (χ3n) is 3.86. The molecule has 0 fully saturated rings. The number of aliphatic imine (C=N–C) groups is 1. The Bertz CT molecular complexity index is 767. The van der Waals surface area contributed by atoms with Crippen LogP contribution in [0.1, 0.15) is 35.8 Å². The highest BCUT2D eigenvalue weighted by atomic mass is 127. The number of phenols is 1. The summed E-state index contributed by atoms with van der Waals surface area (Å²) in [7, 11) is 0. The zero-order chi connectivity index (χ0) is 19.6. The maximum Gasteiger partial charge on any atom is 0.251 e. The summed E-state index contributed by atoms with van der Waals surface area (Å²) in [5.74, 6) is 0.615. The molecule has 0 bridgehead atoms. The van der Waals surface area contributed by atoms with Gasteiger partial charge in [-0.3, -0.25) is 9.79 Å². The van der Waals surface area contributed by atoms with Crippen LogP contribution in [-0.4, -0.2) is 36.6 Å². The molecule has 2 aromatic carbocycles. The predicted molar refractivity (Wildman–Crippen MR) is 125 cm³/mol. The van der Waals surface area contributed by atoms with Gasteiger partial charge in [-0.05, 0) is 55.8 Å². The Hall–Kier alpha value is -2.00. The molecule has 152 valence electrons. The van der Waals surface area contributed by atoms with Crippen LogP contribution in [0.25, 0.3) is 0 Å². The van der Waals surface area contributed by atoms with Gasteiger partial charge in [0.2, 0.25) is 0 Å². The highest BCUT2D eigenvalue weighted by Crippen LogP contribution is 2.15. The van der Waals surface area contributed by atoms with Crippen LogP contribution in [0.2, 0.25) is 5.02 Å². The Labute approximate surface area is 187 Å². The Balaban J connectivity index is 0.00000392. The number of guanidine groups is 1. The smallest absolute Gasteiger partial charge is 0.251 e. The van der Waals surface area contributed by atoms with E-state index in [0.29, 0.717) is 29.6 Å². The average Bonchev–Trinajstić information content (AvgIpc) is 2.66. The van der Waals surface area contributed by atoms with Crippen molar-refractivity contribution < 1.29 is 9.90 Å². The van der Waals surface area contributed by atoms with E-state index in [1.807, 2.05) is 38.1 Å². The molecule has 0 heterocycles. The summed E-state index contributed by atoms with van der Waals surface area (Å²) in [6.07, 6.45) is 0. The van der Waals surface area contributed by atoms with Crippen LogP contribution in [0.4, 0.5) is 0 Å². The van der Waals surface area contributed by atoms with Crippen molar-refractivity contribution in [2.45, 2.75) is 19.9 Å². The summed E-state index contributed by atoms with van der Waals surface area (Å²) < 4.78 is 0. The topological polar surface area (TPSA) is 85.8 Å². The molecule has 2 aromatic rings. The Kier molecular flexibility index (Phi) is 10.7. The number of hydrogen-bond donors (Lipinski definition) is 4. The summed E-state index contributed by atoms with van der Waals surface area (Å²) in [6.45, 7) is 5.62. The first kappa shape index (κ1) is 24.0. The molecule has 28 heavy (non-hydrogen) atoms. The monoisotopic (exact) mass is 516 g/mol. The quantitative estimate of drug-likeness (QED) is 0.196. The van der Waals surface area contributed by atoms with Crippen LogP contribution in [0, 0.1) is 0 Å². The number of rotatable bonds is 7. The lowest BCUT2D eigenvalue weighted by molar-refractivity contribution is 0.0955. The predicted octanol–water partition coefficient (Wildman–Crippen LogP) is 3.71. The minimum Gasteiger partial charge on any atom is -0.508 e. The van der Waals surface area contributed by atoms with Gasteiger partial charge >= 0.3 is 0 Å². The van der Waals surface area contributed by atoms with Gasteiger partial charge in [-0.15, -0.1) is 24.0 Å². The minimum atomic E-state index is -0.197. The van der Waals surface area contributed by atoms with E-state index >= 15 is 0 Å². The lowest BCUT2D eigenvalue weighted by atomic mass is 10.1. The van der Waals surface area contributed by atoms with Crippen LogP contribution < -0.4 is 16.0 Å². The summed E-state index contributed by atoms with van der Waals surface area (Å²) in [4.78, 5) is 16.5. The summed E-state index contributed by atoms with van der Waals surface area (Å²) >= 11 is 5.93. The van der Waals surface area contributed by atoms with Crippen LogP contribution in [-0.2, 0) is 0 Å². The maximum absolute atomic E-state index is 12.0. The number of hydrogen-bond acceptors (Lipinski definition) is 3. The molecule has 0 aromatic heterocycles. The van der Waals surface area contributed by atoms with Crippen LogP contribution in [0.15, 0.2) is 53.5 Å². The van der Waals surface area contributed by atoms with Gasteiger partial charge in [-0.1, -0.05) is 23.7 Å². The highest BCUT2D eigenvalue weighted by molar-refractivity contribution is 14.0. The molecule has 1 amide bonds. The molecule has 0 saturated heterocycles. The second kappa shape index (κ2) is 12.5. The lowest BCUT2D eigenvalue weighted by Crippen LogP contribution is -2.39. The molecule has 1 unspecified atom stereocenters. The number of amides is 1. The largest absolute Gasteiger partial charge is 0.508 e. The molecule has 0 aliphatic heterocycles. The molecule has 0 aliphatic rings. The number of carbonyl (C=O) groups excluding carboxylic acids is 1. The Morgan fingerprint density at radius 1 is 1.11 bits per heavy atom. The third kappa shape index (κ3) is 7.93. The van der Waals surface area contributed by atoms with E-state index in [-0.39, 0.29) is 41.7 Å². The Morgan fingerprint density at radius 3 is 2.36 bits per heavy atom. The van der Waals surface area contributed by atoms with Gasteiger partial charge in [0.25, 0.3) is 5.91 Å². The third-order valence-corrected chi connectivity index (χ3v) is 4.12. The van der Waals surface area contributed by atoms with Gasteiger partial charge in [-0.25, -0.2) is 0 Å². The number of nitrogens with one attached hydrogen (secondary N) is 3. The van der Waals surface area contributed by atoms with E-state index < -0.39 is 0 Å². The molecule has 0 radical (unpaired) electrons. The number of carbonyl (C=O) groups is 1. The van der Waals surface area contributed by atoms with Gasteiger partial charge in [0.05, 0.1) is 12.6 Å². The second-order valence-electron chi connectivity index (χ2n) is 5.98. The van der Waals surface area contributed by atoms with Gasteiger partial charge in [0.1, 0.15) is 5.75 Å². The number of nitrogens with zero attached hydrogens (tertiary/aromatic N) is 1. The SMILES string of the molecule is CCNC(=NCCNC(=O)c1ccc(O)cc1)NC(C)c1ccc(Cl)cc1.I. The zero-order valence-electron chi connectivity index (χ0n) is 15.9. The van der Waals surface area contributed by atoms with Crippen molar-refractivity contribution >= 4 is 47.4 Å². The zero-order valence-corrected chi connectivity index (χ0v) is 19.0. The first-order valence-corrected chi connectivity index (χ1v) is 9.25. The molecule has 0 aliphatic carbocycles. The Morgan fingerprint density at radius 2 is 1.75 bits per heavy atom. The molecule has 0 spiro atoms. The van der Waals surface area contributed by atoms with Crippen molar-refractivity contribution in [3.8, 4) is 5.75 Å². The second-order valence-corrected chi connectivity index (χ2v) is 6.42. The fraction of sp³-hybridized carbons (Fsp3) is 0.300. The standard InChI is InChI=1S/C20H25ClN4O2.HI/c1-3-22-20(25-14(2)15-4-8-17(21)9-5-15)24-13-12-23-19(27)16-6-10-18(26)11-7-16;/h4-11,14,26H,3,12-13H2,1-2H3,(H,23,27)(H2,22,24,25);1H. The summed E-state index contributed by atoms with van der Waals surface area (Å²) in [5.41, 5.74) is 1.60. The lowest BCUT2D eigenvalue weighted by Gasteiger charge is -2.18. The van der Waals surface area contributed by atoms with Crippen molar-refractivity contribution in [1.29, 1.82) is 0 Å². The van der Waals surface area contributed by atoms with E-state index in [1.165, 1.54) is 12.1 Å². The molecular formula is C20H26ClIN4O2. The number of halogens is 2. The van der Waals surface area contributed by atoms with E-state index in [4.69, 9.17) is 11.6 Å². The van der Waals surface area contributed by atoms with Crippen LogP contribution in [0.5, 0.6) is 5.75 Å². The molecule has 6 nitrogen and oxygen atoms in total. The van der Waals surface area contributed by atoms with E-state index in [2.05, 4.69) is 20.9 Å². The number of phenolic OH excluding ortho intramolecular Hbond substituents is 1. The van der Waals surface area contributed by atoms with Crippen molar-refractivity contribution in [3.63, 3.8) is 0 Å². The summed E-state index contributed by atoms with van der Waals surface area (Å²) in [5, 5.41) is 19.3. The van der Waals surface area contributed by atoms with Crippen LogP contribution >= 0.6 is 35.6 Å². The highest BCUT2D eigenvalue weighted by Gasteiger charge is 2.08. The van der Waals surface area contributed by atoms with Gasteiger partial charge in [0.15, 0.2) is 5.96 Å². The van der Waals surface area contributed by atoms with Crippen LogP contribution in [0.3, 0.4) is 0 Å². The number of aromatic hydroxyl groups is 1. The molecule has 4 N–H and O–H groups in total. The summed E-state index contributed by atoms with van der Waals surface area (Å²) in [6, 6.07) is 13.8. The van der Waals surface area contributed by atoms with Gasteiger partial charge in [0, 0.05) is 23.7 Å². The van der Waals surface area contributed by atoms with Gasteiger partial charge < -0.3 is 21.1 Å². The molecule has 8 heteroatoms. The first-order valence-electron chi connectivity index (χ1n) is 8.87. The average molecular weight is 517 g/mol. The van der Waals surface area contributed by atoms with Crippen molar-refractivity contribution in [1.82, 2.24) is 16.0 Å².